The molecule has 7 nitrogen and oxygen atoms in total. The monoisotopic (exact) mass is 526 g/mol. The summed E-state index contributed by atoms with van der Waals surface area (Å²) in [6.45, 7) is 1.44. The van der Waals surface area contributed by atoms with E-state index in [9.17, 15) is 9.59 Å². The minimum absolute atomic E-state index is 0.177. The quantitative estimate of drug-likeness (QED) is 0.623. The van der Waals surface area contributed by atoms with Gasteiger partial charge in [-0.2, -0.15) is 0 Å². The Bertz CT molecular complexity index is 1090. The number of rotatable bonds is 4. The number of hydrogen-bond donors (Lipinski definition) is 2. The number of carbonyl (C=O) groups excluding carboxylic acids is 2. The fourth-order valence-corrected chi connectivity index (χ4v) is 5.49. The Hall–Kier alpha value is -2.42. The van der Waals surface area contributed by atoms with Gasteiger partial charge in [0.25, 0.3) is 0 Å². The summed E-state index contributed by atoms with van der Waals surface area (Å²) < 4.78 is 6.44. The van der Waals surface area contributed by atoms with Crippen molar-refractivity contribution in [3.05, 3.63) is 58.1 Å². The summed E-state index contributed by atoms with van der Waals surface area (Å²) in [5, 5.41) is 5.98. The number of methoxy groups -OCH3 is 1. The van der Waals surface area contributed by atoms with Crippen molar-refractivity contribution in [2.45, 2.75) is 49.8 Å². The highest BCUT2D eigenvalue weighted by atomic mass is 79.9. The predicted octanol–water partition coefficient (Wildman–Crippen LogP) is 4.27. The number of urea groups is 1. The van der Waals surface area contributed by atoms with Crippen LogP contribution in [-0.2, 0) is 22.4 Å². The molecule has 2 N–H and O–H groups in total. The van der Waals surface area contributed by atoms with Gasteiger partial charge in [-0.3, -0.25) is 4.79 Å². The highest BCUT2D eigenvalue weighted by molar-refractivity contribution is 9.10. The minimum atomic E-state index is -0.597. The summed E-state index contributed by atoms with van der Waals surface area (Å²) in [6, 6.07) is 12.7. The molecule has 34 heavy (non-hydrogen) atoms. The van der Waals surface area contributed by atoms with Gasteiger partial charge in [0.15, 0.2) is 0 Å². The molecule has 1 spiro atoms. The minimum Gasteiger partial charge on any atom is -0.380 e. The van der Waals surface area contributed by atoms with Crippen LogP contribution in [-0.4, -0.2) is 66.7 Å². The molecule has 1 aliphatic carbocycles. The first-order valence-corrected chi connectivity index (χ1v) is 12.7. The third kappa shape index (κ3) is 4.72. The Morgan fingerprint density at radius 2 is 1.79 bits per heavy atom. The smallest absolute Gasteiger partial charge is 0.322 e. The van der Waals surface area contributed by atoms with Crippen LogP contribution in [0.1, 0.15) is 30.4 Å². The zero-order valence-corrected chi connectivity index (χ0v) is 21.2. The van der Waals surface area contributed by atoms with E-state index in [0.29, 0.717) is 24.2 Å². The standard InChI is InChI=1S/C26H31BrN4O3/c1-30-12-9-17-3-6-21(13-18(17)15-26(30)10-11-26)28-24(32)23-14-22(34-2)16-31(23)25(33)29-20-7-4-19(27)5-8-20/h3-8,13,22-23H,9-12,14-16H2,1-2H3,(H,28,32)(H,29,33)/t22?,23-/m1/s1. The van der Waals surface area contributed by atoms with Crippen LogP contribution in [0.5, 0.6) is 0 Å². The fourth-order valence-electron chi connectivity index (χ4n) is 5.22. The van der Waals surface area contributed by atoms with Gasteiger partial charge in [-0.25, -0.2) is 4.79 Å². The zero-order valence-electron chi connectivity index (χ0n) is 19.6. The molecule has 180 valence electrons. The second-order valence-electron chi connectivity index (χ2n) is 9.74. The maximum absolute atomic E-state index is 13.3. The third-order valence-corrected chi connectivity index (χ3v) is 8.13. The molecule has 3 amide bonds. The van der Waals surface area contributed by atoms with Crippen LogP contribution in [0.25, 0.3) is 0 Å². The summed E-state index contributed by atoms with van der Waals surface area (Å²) in [5.41, 5.74) is 4.46. The van der Waals surface area contributed by atoms with E-state index in [1.165, 1.54) is 24.0 Å². The van der Waals surface area contributed by atoms with Crippen LogP contribution in [0.4, 0.5) is 16.2 Å². The lowest BCUT2D eigenvalue weighted by molar-refractivity contribution is -0.119. The van der Waals surface area contributed by atoms with Crippen molar-refractivity contribution >= 4 is 39.2 Å². The van der Waals surface area contributed by atoms with Crippen LogP contribution in [0.3, 0.4) is 0 Å². The number of carbonyl (C=O) groups is 2. The molecule has 0 aromatic heterocycles. The van der Waals surface area contributed by atoms with Gasteiger partial charge in [-0.05, 0) is 80.3 Å². The first kappa shape index (κ1) is 23.3. The maximum atomic E-state index is 13.3. The Labute approximate surface area is 209 Å². The van der Waals surface area contributed by atoms with Crippen molar-refractivity contribution in [2.24, 2.45) is 0 Å². The number of amides is 3. The van der Waals surface area contributed by atoms with Crippen LogP contribution in [0, 0.1) is 0 Å². The van der Waals surface area contributed by atoms with Gasteiger partial charge in [0.2, 0.25) is 5.91 Å². The number of anilines is 2. The molecule has 0 bridgehead atoms. The zero-order chi connectivity index (χ0) is 23.9. The molecule has 2 atom stereocenters. The van der Waals surface area contributed by atoms with Crippen molar-refractivity contribution in [3.63, 3.8) is 0 Å². The number of fused-ring (bicyclic) bond motifs is 1. The van der Waals surface area contributed by atoms with E-state index in [2.05, 4.69) is 50.6 Å². The summed E-state index contributed by atoms with van der Waals surface area (Å²) in [5.74, 6) is -0.183. The molecule has 1 unspecified atom stereocenters. The Balaban J connectivity index is 1.30. The lowest BCUT2D eigenvalue weighted by Gasteiger charge is -2.25. The van der Waals surface area contributed by atoms with Gasteiger partial charge < -0.3 is 25.2 Å². The van der Waals surface area contributed by atoms with Gasteiger partial charge in [-0.1, -0.05) is 22.0 Å². The van der Waals surface area contributed by atoms with Gasteiger partial charge in [0, 0.05) is 48.0 Å². The van der Waals surface area contributed by atoms with Crippen molar-refractivity contribution in [3.8, 4) is 0 Å². The maximum Gasteiger partial charge on any atom is 0.322 e. The van der Waals surface area contributed by atoms with Gasteiger partial charge in [0.1, 0.15) is 6.04 Å². The second kappa shape index (κ2) is 9.32. The number of likely N-dealkylation sites (tertiary alicyclic amines) is 1. The Kier molecular flexibility index (Phi) is 6.39. The van der Waals surface area contributed by atoms with Crippen LogP contribution in [0.15, 0.2) is 46.9 Å². The van der Waals surface area contributed by atoms with Gasteiger partial charge >= 0.3 is 6.03 Å². The largest absolute Gasteiger partial charge is 0.380 e. The molecule has 8 heteroatoms. The SMILES string of the molecule is COC1C[C@H](C(=O)Nc2ccc3c(c2)CC2(CC2)N(C)CC3)N(C(=O)Nc2ccc(Br)cc2)C1. The molecular weight excluding hydrogens is 496 g/mol. The number of halogens is 1. The summed E-state index contributed by atoms with van der Waals surface area (Å²) in [4.78, 5) is 30.4. The van der Waals surface area contributed by atoms with E-state index >= 15 is 0 Å². The Morgan fingerprint density at radius 1 is 1.06 bits per heavy atom. The van der Waals surface area contributed by atoms with Crippen molar-refractivity contribution in [1.82, 2.24) is 9.80 Å². The summed E-state index contributed by atoms with van der Waals surface area (Å²) in [6.07, 6.45) is 4.83. The van der Waals surface area contributed by atoms with Crippen LogP contribution >= 0.6 is 15.9 Å². The average molecular weight is 527 g/mol. The first-order chi connectivity index (χ1) is 16.4. The molecule has 5 rings (SSSR count). The topological polar surface area (TPSA) is 73.9 Å². The highest BCUT2D eigenvalue weighted by Crippen LogP contribution is 2.46. The van der Waals surface area contributed by atoms with Crippen molar-refractivity contribution in [2.75, 3.05) is 37.9 Å². The van der Waals surface area contributed by atoms with Crippen LogP contribution in [0.2, 0.25) is 0 Å². The summed E-state index contributed by atoms with van der Waals surface area (Å²) >= 11 is 3.40. The molecule has 3 aliphatic rings. The average Bonchev–Trinajstić information content (AvgIpc) is 3.50. The molecule has 0 radical (unpaired) electrons. The van der Waals surface area contributed by atoms with Crippen LogP contribution < -0.4 is 10.6 Å². The molecule has 1 saturated heterocycles. The third-order valence-electron chi connectivity index (χ3n) is 7.60. The number of ether oxygens (including phenoxy) is 1. The highest BCUT2D eigenvalue weighted by Gasteiger charge is 2.47. The second-order valence-corrected chi connectivity index (χ2v) is 10.7. The molecule has 1 saturated carbocycles. The number of hydrogen-bond acceptors (Lipinski definition) is 4. The number of benzene rings is 2. The molecule has 2 aromatic carbocycles. The van der Waals surface area contributed by atoms with E-state index < -0.39 is 6.04 Å². The molecule has 2 heterocycles. The van der Waals surface area contributed by atoms with E-state index in [1.807, 2.05) is 30.3 Å². The lowest BCUT2D eigenvalue weighted by Crippen LogP contribution is -2.45. The van der Waals surface area contributed by atoms with E-state index in [1.54, 1.807) is 12.0 Å². The van der Waals surface area contributed by atoms with E-state index in [-0.39, 0.29) is 18.0 Å². The molecular formula is C26H31BrN4O3. The van der Waals surface area contributed by atoms with Gasteiger partial charge in [-0.15, -0.1) is 0 Å². The number of nitrogens with one attached hydrogen (secondary N) is 2. The molecule has 2 aromatic rings. The molecule has 2 aliphatic heterocycles. The molecule has 2 fully saturated rings. The number of likely N-dealkylation sites (N-methyl/N-ethyl adjacent to an activating group) is 1. The predicted molar refractivity (Wildman–Crippen MR) is 136 cm³/mol. The van der Waals surface area contributed by atoms with Gasteiger partial charge in [0.05, 0.1) is 6.10 Å². The van der Waals surface area contributed by atoms with E-state index in [4.69, 9.17) is 4.74 Å². The Morgan fingerprint density at radius 3 is 2.50 bits per heavy atom. The number of nitrogens with zero attached hydrogens (tertiary/aromatic N) is 2. The van der Waals surface area contributed by atoms with Crippen molar-refractivity contribution in [1.29, 1.82) is 0 Å². The fraction of sp³-hybridized carbons (Fsp3) is 0.462. The normalized spacial score (nSPS) is 23.3. The van der Waals surface area contributed by atoms with E-state index in [0.717, 1.165) is 29.5 Å². The first-order valence-electron chi connectivity index (χ1n) is 11.9. The van der Waals surface area contributed by atoms with Crippen molar-refractivity contribution < 1.29 is 14.3 Å². The summed E-state index contributed by atoms with van der Waals surface area (Å²) in [7, 11) is 3.84. The lowest BCUT2D eigenvalue weighted by atomic mass is 9.98.